The van der Waals surface area contributed by atoms with Crippen molar-refractivity contribution in [2.24, 2.45) is 0 Å². The molecule has 0 aliphatic rings. The van der Waals surface area contributed by atoms with Crippen LogP contribution in [0.1, 0.15) is 24.3 Å². The maximum atomic E-state index is 11.1. The number of para-hydroxylation sites is 1. The zero-order valence-corrected chi connectivity index (χ0v) is 11.0. The summed E-state index contributed by atoms with van der Waals surface area (Å²) in [6.07, 6.45) is 0. The maximum Gasteiger partial charge on any atom is 0.354 e. The lowest BCUT2D eigenvalue weighted by molar-refractivity contribution is 0.0683. The first-order chi connectivity index (χ1) is 9.17. The zero-order chi connectivity index (χ0) is 13.8. The predicted octanol–water partition coefficient (Wildman–Crippen LogP) is 2.67. The number of ether oxygens (including phenoxy) is 1. The highest BCUT2D eigenvalue weighted by atomic mass is 16.5. The van der Waals surface area contributed by atoms with Gasteiger partial charge >= 0.3 is 5.97 Å². The Morgan fingerprint density at radius 3 is 2.68 bits per heavy atom. The molecule has 1 N–H and O–H groups in total. The van der Waals surface area contributed by atoms with Gasteiger partial charge in [0.1, 0.15) is 11.4 Å². The molecule has 5 nitrogen and oxygen atoms in total. The molecule has 0 saturated carbocycles. The summed E-state index contributed by atoms with van der Waals surface area (Å²) in [7, 11) is 0. The van der Waals surface area contributed by atoms with Gasteiger partial charge in [-0.05, 0) is 32.0 Å². The molecular formula is C14H16N2O3. The second-order valence-corrected chi connectivity index (χ2v) is 3.96. The molecule has 0 aliphatic heterocycles. The molecule has 0 aliphatic carbocycles. The number of aryl methyl sites for hydroxylation is 1. The second-order valence-electron chi connectivity index (χ2n) is 3.96. The fourth-order valence-electron chi connectivity index (χ4n) is 1.92. The molecule has 1 aromatic heterocycles. The molecule has 0 bridgehead atoms. The number of aromatic carboxylic acids is 1. The first kappa shape index (κ1) is 13.1. The molecule has 1 aromatic carbocycles. The lowest BCUT2D eigenvalue weighted by Crippen LogP contribution is -2.08. The van der Waals surface area contributed by atoms with Crippen LogP contribution in [0.15, 0.2) is 30.3 Å². The standard InChI is InChI=1S/C14H16N2O3/c1-3-16-12(14(17)18)9-11(15-16)10-7-5-6-8-13(10)19-4-2/h5-9H,3-4H2,1-2H3,(H,17,18). The van der Waals surface area contributed by atoms with Gasteiger partial charge in [0, 0.05) is 12.1 Å². The van der Waals surface area contributed by atoms with E-state index < -0.39 is 5.97 Å². The minimum atomic E-state index is -0.977. The molecule has 19 heavy (non-hydrogen) atoms. The predicted molar refractivity (Wildman–Crippen MR) is 71.5 cm³/mol. The highest BCUT2D eigenvalue weighted by Crippen LogP contribution is 2.29. The molecule has 0 saturated heterocycles. The topological polar surface area (TPSA) is 64.3 Å². The third-order valence-electron chi connectivity index (χ3n) is 2.76. The van der Waals surface area contributed by atoms with Crippen molar-refractivity contribution >= 4 is 5.97 Å². The van der Waals surface area contributed by atoms with Crippen molar-refractivity contribution in [1.29, 1.82) is 0 Å². The van der Waals surface area contributed by atoms with Gasteiger partial charge in [-0.25, -0.2) is 4.79 Å². The van der Waals surface area contributed by atoms with E-state index in [1.165, 1.54) is 4.68 Å². The van der Waals surface area contributed by atoms with Crippen LogP contribution in [0.25, 0.3) is 11.3 Å². The number of aromatic nitrogens is 2. The second kappa shape index (κ2) is 5.56. The molecule has 0 atom stereocenters. The molecule has 1 heterocycles. The van der Waals surface area contributed by atoms with Crippen LogP contribution in [0.2, 0.25) is 0 Å². The van der Waals surface area contributed by atoms with Crippen molar-refractivity contribution < 1.29 is 14.6 Å². The van der Waals surface area contributed by atoms with Crippen molar-refractivity contribution in [3.63, 3.8) is 0 Å². The number of carboxylic acids is 1. The van der Waals surface area contributed by atoms with Crippen molar-refractivity contribution in [2.45, 2.75) is 20.4 Å². The summed E-state index contributed by atoms with van der Waals surface area (Å²) in [6, 6.07) is 9.06. The van der Waals surface area contributed by atoms with E-state index >= 15 is 0 Å². The van der Waals surface area contributed by atoms with Crippen LogP contribution in [-0.4, -0.2) is 27.5 Å². The number of carboxylic acid groups (broad SMARTS) is 1. The molecule has 0 radical (unpaired) electrons. The Labute approximate surface area is 111 Å². The summed E-state index contributed by atoms with van der Waals surface area (Å²) in [5.41, 5.74) is 1.60. The number of carbonyl (C=O) groups is 1. The maximum absolute atomic E-state index is 11.1. The summed E-state index contributed by atoms with van der Waals surface area (Å²) < 4.78 is 7.01. The van der Waals surface area contributed by atoms with Gasteiger partial charge in [-0.3, -0.25) is 4.68 Å². The van der Waals surface area contributed by atoms with E-state index in [1.807, 2.05) is 38.1 Å². The van der Waals surface area contributed by atoms with Crippen LogP contribution in [0.5, 0.6) is 5.75 Å². The van der Waals surface area contributed by atoms with Gasteiger partial charge < -0.3 is 9.84 Å². The molecular weight excluding hydrogens is 244 g/mol. The zero-order valence-electron chi connectivity index (χ0n) is 11.0. The van der Waals surface area contributed by atoms with Gasteiger partial charge in [-0.1, -0.05) is 12.1 Å². The smallest absolute Gasteiger partial charge is 0.354 e. The minimum Gasteiger partial charge on any atom is -0.493 e. The lowest BCUT2D eigenvalue weighted by Gasteiger charge is -2.07. The summed E-state index contributed by atoms with van der Waals surface area (Å²) in [5, 5.41) is 13.5. The highest BCUT2D eigenvalue weighted by Gasteiger charge is 2.16. The number of benzene rings is 1. The fourth-order valence-corrected chi connectivity index (χ4v) is 1.92. The minimum absolute atomic E-state index is 0.184. The Hall–Kier alpha value is -2.30. The van der Waals surface area contributed by atoms with E-state index in [4.69, 9.17) is 9.84 Å². The Morgan fingerprint density at radius 2 is 2.11 bits per heavy atom. The Morgan fingerprint density at radius 1 is 1.37 bits per heavy atom. The third-order valence-corrected chi connectivity index (χ3v) is 2.76. The van der Waals surface area contributed by atoms with Gasteiger partial charge in [0.05, 0.1) is 12.3 Å². The Kier molecular flexibility index (Phi) is 3.85. The SMILES string of the molecule is CCOc1ccccc1-c1cc(C(=O)O)n(CC)n1. The van der Waals surface area contributed by atoms with Gasteiger partial charge in [0.2, 0.25) is 0 Å². The molecule has 0 spiro atoms. The molecule has 2 rings (SSSR count). The lowest BCUT2D eigenvalue weighted by atomic mass is 10.1. The van der Waals surface area contributed by atoms with Crippen LogP contribution < -0.4 is 4.74 Å². The van der Waals surface area contributed by atoms with E-state index in [9.17, 15) is 4.79 Å². The Balaban J connectivity index is 2.50. The van der Waals surface area contributed by atoms with Crippen LogP contribution in [-0.2, 0) is 6.54 Å². The van der Waals surface area contributed by atoms with Crippen LogP contribution in [0, 0.1) is 0 Å². The van der Waals surface area contributed by atoms with Crippen molar-refractivity contribution in [1.82, 2.24) is 9.78 Å². The number of rotatable bonds is 5. The average molecular weight is 260 g/mol. The van der Waals surface area contributed by atoms with Crippen LogP contribution in [0.4, 0.5) is 0 Å². The molecule has 5 heteroatoms. The van der Waals surface area contributed by atoms with Crippen molar-refractivity contribution in [2.75, 3.05) is 6.61 Å². The van der Waals surface area contributed by atoms with Crippen LogP contribution >= 0.6 is 0 Å². The number of hydrogen-bond donors (Lipinski definition) is 1. The van der Waals surface area contributed by atoms with E-state index in [2.05, 4.69) is 5.10 Å². The van der Waals surface area contributed by atoms with Gasteiger partial charge in [0.25, 0.3) is 0 Å². The van der Waals surface area contributed by atoms with Crippen LogP contribution in [0.3, 0.4) is 0 Å². The van der Waals surface area contributed by atoms with E-state index in [0.717, 1.165) is 5.56 Å². The molecule has 0 amide bonds. The van der Waals surface area contributed by atoms with Gasteiger partial charge in [-0.2, -0.15) is 5.10 Å². The van der Waals surface area contributed by atoms with E-state index in [1.54, 1.807) is 6.07 Å². The molecule has 0 fully saturated rings. The first-order valence-corrected chi connectivity index (χ1v) is 6.20. The molecule has 0 unspecified atom stereocenters. The largest absolute Gasteiger partial charge is 0.493 e. The number of hydrogen-bond acceptors (Lipinski definition) is 3. The molecule has 2 aromatic rings. The quantitative estimate of drug-likeness (QED) is 0.897. The Bertz CT molecular complexity index is 590. The van der Waals surface area contributed by atoms with E-state index in [0.29, 0.717) is 24.6 Å². The summed E-state index contributed by atoms with van der Waals surface area (Å²) in [5.74, 6) is -0.266. The normalized spacial score (nSPS) is 10.4. The number of nitrogens with zero attached hydrogens (tertiary/aromatic N) is 2. The van der Waals surface area contributed by atoms with Crippen molar-refractivity contribution in [3.8, 4) is 17.0 Å². The summed E-state index contributed by atoms with van der Waals surface area (Å²) >= 11 is 0. The average Bonchev–Trinajstić information content (AvgIpc) is 2.84. The monoisotopic (exact) mass is 260 g/mol. The first-order valence-electron chi connectivity index (χ1n) is 6.20. The fraction of sp³-hybridized carbons (Fsp3) is 0.286. The highest BCUT2D eigenvalue weighted by molar-refractivity contribution is 5.87. The van der Waals surface area contributed by atoms with Gasteiger partial charge in [0.15, 0.2) is 0 Å². The van der Waals surface area contributed by atoms with Crippen molar-refractivity contribution in [3.05, 3.63) is 36.0 Å². The van der Waals surface area contributed by atoms with Gasteiger partial charge in [-0.15, -0.1) is 0 Å². The molecule has 100 valence electrons. The third kappa shape index (κ3) is 2.59. The summed E-state index contributed by atoms with van der Waals surface area (Å²) in [4.78, 5) is 11.1. The summed E-state index contributed by atoms with van der Waals surface area (Å²) in [6.45, 7) is 4.83. The van der Waals surface area contributed by atoms with E-state index in [-0.39, 0.29) is 5.69 Å².